The molecule has 4 rings (SSSR count). The molecule has 0 spiro atoms. The minimum Gasteiger partial charge on any atom is -0.394 e. The summed E-state index contributed by atoms with van der Waals surface area (Å²) in [6.07, 6.45) is 12.1. The Bertz CT molecular complexity index is 801. The van der Waals surface area contributed by atoms with Crippen molar-refractivity contribution in [2.45, 2.75) is 19.3 Å². The standard InChI is InChI=1S/C18H24N5/c1-23(11-3-2-4-12-23)13-10-20-18-17(19)16-9-8-14-6-5-7-15(14)22(16)21-18/h2-4,8-9,11H,5-7,10,12-13,19H2,1H3,(H,20,21)/q+1. The van der Waals surface area contributed by atoms with Crippen LogP contribution in [0.1, 0.15) is 17.7 Å². The first-order chi connectivity index (χ1) is 11.2. The summed E-state index contributed by atoms with van der Waals surface area (Å²) < 4.78 is 2.95. The number of nitrogens with one attached hydrogen (secondary N) is 1. The number of anilines is 2. The van der Waals surface area contributed by atoms with E-state index in [1.165, 1.54) is 17.7 Å². The molecule has 1 unspecified atom stereocenters. The van der Waals surface area contributed by atoms with Gasteiger partial charge in [0.25, 0.3) is 0 Å². The maximum Gasteiger partial charge on any atom is 0.172 e. The molecular formula is C18H24N5+. The van der Waals surface area contributed by atoms with Crippen LogP contribution in [-0.2, 0) is 12.8 Å². The van der Waals surface area contributed by atoms with E-state index < -0.39 is 0 Å². The Labute approximate surface area is 136 Å². The number of fused-ring (bicyclic) bond motifs is 3. The number of likely N-dealkylation sites (N-methyl/N-ethyl adjacent to an activating group) is 1. The van der Waals surface area contributed by atoms with Gasteiger partial charge in [-0.3, -0.25) is 4.48 Å². The van der Waals surface area contributed by atoms with E-state index in [0.29, 0.717) is 0 Å². The summed E-state index contributed by atoms with van der Waals surface area (Å²) in [7, 11) is 2.24. The number of allylic oxidation sites excluding steroid dienone is 2. The summed E-state index contributed by atoms with van der Waals surface area (Å²) in [5.41, 5.74) is 10.8. The van der Waals surface area contributed by atoms with E-state index in [1.807, 2.05) is 4.52 Å². The average Bonchev–Trinajstić information content (AvgIpc) is 3.13. The predicted molar refractivity (Wildman–Crippen MR) is 94.3 cm³/mol. The van der Waals surface area contributed by atoms with Crippen molar-refractivity contribution in [3.8, 4) is 0 Å². The molecule has 2 aromatic heterocycles. The summed E-state index contributed by atoms with van der Waals surface area (Å²) >= 11 is 0. The van der Waals surface area contributed by atoms with Gasteiger partial charge in [0.1, 0.15) is 18.8 Å². The zero-order chi connectivity index (χ0) is 15.9. The zero-order valence-electron chi connectivity index (χ0n) is 13.6. The Hall–Kier alpha value is -2.27. The highest BCUT2D eigenvalue weighted by atomic mass is 15.3. The van der Waals surface area contributed by atoms with Crippen LogP contribution in [0.4, 0.5) is 11.5 Å². The van der Waals surface area contributed by atoms with Gasteiger partial charge in [0.05, 0.1) is 25.3 Å². The number of quaternary nitrogens is 1. The lowest BCUT2D eigenvalue weighted by Gasteiger charge is -2.30. The molecule has 5 nitrogen and oxygen atoms in total. The van der Waals surface area contributed by atoms with Gasteiger partial charge in [-0.2, -0.15) is 0 Å². The van der Waals surface area contributed by atoms with Crippen molar-refractivity contribution in [3.05, 3.63) is 47.8 Å². The van der Waals surface area contributed by atoms with Crippen molar-refractivity contribution in [1.29, 1.82) is 0 Å². The van der Waals surface area contributed by atoms with Crippen molar-refractivity contribution in [1.82, 2.24) is 9.61 Å². The first kappa shape index (κ1) is 14.3. The fourth-order valence-corrected chi connectivity index (χ4v) is 3.59. The molecule has 1 atom stereocenters. The number of pyridine rings is 1. The third-order valence-electron chi connectivity index (χ3n) is 5.02. The van der Waals surface area contributed by atoms with Crippen LogP contribution in [0, 0.1) is 0 Å². The summed E-state index contributed by atoms with van der Waals surface area (Å²) in [4.78, 5) is 0. The molecule has 2 aromatic rings. The second-order valence-corrected chi connectivity index (χ2v) is 6.80. The smallest absolute Gasteiger partial charge is 0.172 e. The highest BCUT2D eigenvalue weighted by Crippen LogP contribution is 2.29. The number of rotatable bonds is 4. The summed E-state index contributed by atoms with van der Waals surface area (Å²) in [6, 6.07) is 4.31. The molecule has 0 aromatic carbocycles. The molecule has 0 bridgehead atoms. The number of nitrogens with zero attached hydrogens (tertiary/aromatic N) is 3. The van der Waals surface area contributed by atoms with Crippen molar-refractivity contribution in [3.63, 3.8) is 0 Å². The van der Waals surface area contributed by atoms with Gasteiger partial charge in [0.15, 0.2) is 5.82 Å². The third-order valence-corrected chi connectivity index (χ3v) is 5.02. The van der Waals surface area contributed by atoms with Gasteiger partial charge in [0.2, 0.25) is 0 Å². The fourth-order valence-electron chi connectivity index (χ4n) is 3.59. The quantitative estimate of drug-likeness (QED) is 0.852. The van der Waals surface area contributed by atoms with Crippen LogP contribution in [0.25, 0.3) is 5.52 Å². The minimum absolute atomic E-state index is 0.761. The molecule has 0 radical (unpaired) electrons. The van der Waals surface area contributed by atoms with Crippen molar-refractivity contribution < 1.29 is 4.48 Å². The number of nitrogen functional groups attached to an aromatic ring is 1. The number of hydrogen-bond donors (Lipinski definition) is 2. The van der Waals surface area contributed by atoms with Crippen LogP contribution in [-0.4, -0.2) is 40.8 Å². The van der Waals surface area contributed by atoms with Crippen LogP contribution < -0.4 is 11.1 Å². The Morgan fingerprint density at radius 3 is 3.04 bits per heavy atom. The predicted octanol–water partition coefficient (Wildman–Crippen LogP) is 2.35. The highest BCUT2D eigenvalue weighted by Gasteiger charge is 2.20. The molecule has 3 heterocycles. The second kappa shape index (κ2) is 5.42. The van der Waals surface area contributed by atoms with Gasteiger partial charge in [-0.15, -0.1) is 5.10 Å². The second-order valence-electron chi connectivity index (χ2n) is 6.80. The molecule has 1 aliphatic carbocycles. The van der Waals surface area contributed by atoms with E-state index in [1.54, 1.807) is 0 Å². The molecule has 120 valence electrons. The maximum absolute atomic E-state index is 6.31. The van der Waals surface area contributed by atoms with Crippen molar-refractivity contribution in [2.24, 2.45) is 0 Å². The van der Waals surface area contributed by atoms with Gasteiger partial charge in [0, 0.05) is 5.69 Å². The van der Waals surface area contributed by atoms with Gasteiger partial charge in [-0.1, -0.05) is 12.1 Å². The molecule has 1 aliphatic heterocycles. The van der Waals surface area contributed by atoms with Gasteiger partial charge in [-0.25, -0.2) is 4.52 Å². The molecule has 5 heteroatoms. The number of aromatic nitrogens is 2. The van der Waals surface area contributed by atoms with E-state index in [4.69, 9.17) is 10.8 Å². The molecule has 0 saturated carbocycles. The molecular weight excluding hydrogens is 286 g/mol. The molecule has 0 saturated heterocycles. The number of hydrogen-bond acceptors (Lipinski definition) is 3. The van der Waals surface area contributed by atoms with E-state index >= 15 is 0 Å². The van der Waals surface area contributed by atoms with Crippen LogP contribution in [0.15, 0.2) is 36.6 Å². The fraction of sp³-hybridized carbons (Fsp3) is 0.389. The largest absolute Gasteiger partial charge is 0.394 e. The summed E-state index contributed by atoms with van der Waals surface area (Å²) in [5, 5.41) is 8.17. The van der Waals surface area contributed by atoms with E-state index in [0.717, 1.165) is 54.0 Å². The lowest BCUT2D eigenvalue weighted by molar-refractivity contribution is -0.852. The molecule has 0 amide bonds. The maximum atomic E-state index is 6.31. The SMILES string of the molecule is C[N+]1(CCNc2nn3c4c(ccc3c2N)CCC4)C=CC=CC1. The van der Waals surface area contributed by atoms with Gasteiger partial charge < -0.3 is 11.1 Å². The Morgan fingerprint density at radius 2 is 2.22 bits per heavy atom. The zero-order valence-corrected chi connectivity index (χ0v) is 13.6. The molecule has 2 aliphatic rings. The monoisotopic (exact) mass is 310 g/mol. The normalized spacial score (nSPS) is 22.7. The van der Waals surface area contributed by atoms with Gasteiger partial charge in [-0.05, 0) is 43.0 Å². The van der Waals surface area contributed by atoms with Crippen LogP contribution in [0.5, 0.6) is 0 Å². The van der Waals surface area contributed by atoms with Gasteiger partial charge >= 0.3 is 0 Å². The van der Waals surface area contributed by atoms with Crippen LogP contribution in [0.3, 0.4) is 0 Å². The average molecular weight is 310 g/mol. The van der Waals surface area contributed by atoms with E-state index in [-0.39, 0.29) is 0 Å². The Kier molecular flexibility index (Phi) is 3.38. The van der Waals surface area contributed by atoms with Crippen LogP contribution in [0.2, 0.25) is 0 Å². The third kappa shape index (κ3) is 2.51. The first-order valence-corrected chi connectivity index (χ1v) is 8.38. The summed E-state index contributed by atoms with van der Waals surface area (Å²) in [6.45, 7) is 2.89. The Morgan fingerprint density at radius 1 is 1.30 bits per heavy atom. The molecule has 0 fully saturated rings. The lowest BCUT2D eigenvalue weighted by Crippen LogP contribution is -2.42. The van der Waals surface area contributed by atoms with E-state index in [9.17, 15) is 0 Å². The molecule has 3 N–H and O–H groups in total. The minimum atomic E-state index is 0.761. The Balaban J connectivity index is 1.52. The first-order valence-electron chi connectivity index (χ1n) is 8.38. The highest BCUT2D eigenvalue weighted by molar-refractivity contribution is 5.81. The van der Waals surface area contributed by atoms with Crippen molar-refractivity contribution in [2.75, 3.05) is 37.7 Å². The van der Waals surface area contributed by atoms with E-state index in [2.05, 4.69) is 48.9 Å². The number of nitrogens with two attached hydrogens (primary N) is 1. The topological polar surface area (TPSA) is 55.4 Å². The van der Waals surface area contributed by atoms with Crippen LogP contribution >= 0.6 is 0 Å². The van der Waals surface area contributed by atoms with Crippen molar-refractivity contribution >= 4 is 17.0 Å². The molecule has 23 heavy (non-hydrogen) atoms. The lowest BCUT2D eigenvalue weighted by atomic mass is 10.2. The summed E-state index contributed by atoms with van der Waals surface area (Å²) in [5.74, 6) is 0.813. The number of aryl methyl sites for hydroxylation is 2.